The van der Waals surface area contributed by atoms with Crippen LogP contribution in [0.2, 0.25) is 0 Å². The number of hydrogen-bond donors (Lipinski definition) is 1. The van der Waals surface area contributed by atoms with E-state index in [2.05, 4.69) is 18.9 Å². The van der Waals surface area contributed by atoms with Gasteiger partial charge in [0.15, 0.2) is 0 Å². The van der Waals surface area contributed by atoms with Crippen molar-refractivity contribution < 1.29 is 4.74 Å². The number of nitrogens with zero attached hydrogens (tertiary/aromatic N) is 1. The molecule has 2 fully saturated rings. The molecule has 1 saturated heterocycles. The Kier molecular flexibility index (Phi) is 3.33. The lowest BCUT2D eigenvalue weighted by atomic mass is 9.83. The third-order valence-electron chi connectivity index (χ3n) is 4.32. The predicted octanol–water partition coefficient (Wildman–Crippen LogP) is 1.08. The van der Waals surface area contributed by atoms with E-state index in [-0.39, 0.29) is 5.54 Å². The van der Waals surface area contributed by atoms with Crippen LogP contribution in [0, 0.1) is 11.8 Å². The van der Waals surface area contributed by atoms with Crippen LogP contribution in [0.3, 0.4) is 0 Å². The van der Waals surface area contributed by atoms with Crippen molar-refractivity contribution in [3.63, 3.8) is 0 Å². The topological polar surface area (TPSA) is 38.5 Å². The van der Waals surface area contributed by atoms with Crippen molar-refractivity contribution in [2.24, 2.45) is 17.6 Å². The van der Waals surface area contributed by atoms with Crippen molar-refractivity contribution in [3.8, 4) is 0 Å². The second-order valence-corrected chi connectivity index (χ2v) is 5.45. The molecule has 0 aromatic carbocycles. The van der Waals surface area contributed by atoms with E-state index in [9.17, 15) is 0 Å². The predicted molar refractivity (Wildman–Crippen MR) is 61.7 cm³/mol. The van der Waals surface area contributed by atoms with Gasteiger partial charge in [0, 0.05) is 31.2 Å². The summed E-state index contributed by atoms with van der Waals surface area (Å²) < 4.78 is 5.49. The quantitative estimate of drug-likeness (QED) is 0.741. The molecule has 2 atom stereocenters. The van der Waals surface area contributed by atoms with Gasteiger partial charge in [0.1, 0.15) is 0 Å². The summed E-state index contributed by atoms with van der Waals surface area (Å²) in [6.45, 7) is 6.06. The molecule has 0 spiro atoms. The second-order valence-electron chi connectivity index (χ2n) is 5.45. The molecule has 3 nitrogen and oxygen atoms in total. The van der Waals surface area contributed by atoms with Crippen LogP contribution in [-0.2, 0) is 4.74 Å². The Morgan fingerprint density at radius 1 is 1.40 bits per heavy atom. The fraction of sp³-hybridized carbons (Fsp3) is 1.00. The highest BCUT2D eigenvalue weighted by atomic mass is 16.5. The minimum absolute atomic E-state index is 0.138. The average Bonchev–Trinajstić information content (AvgIpc) is 2.87. The summed E-state index contributed by atoms with van der Waals surface area (Å²) in [5, 5.41) is 0. The Morgan fingerprint density at radius 3 is 2.60 bits per heavy atom. The van der Waals surface area contributed by atoms with Crippen molar-refractivity contribution >= 4 is 0 Å². The SMILES string of the molecule is CN(CC1CC1)C(C)(CN)C1CCOC1. The van der Waals surface area contributed by atoms with Crippen LogP contribution in [0.5, 0.6) is 0 Å². The Morgan fingerprint density at radius 2 is 2.13 bits per heavy atom. The maximum absolute atomic E-state index is 5.99. The molecule has 88 valence electrons. The van der Waals surface area contributed by atoms with E-state index in [1.165, 1.54) is 25.8 Å². The van der Waals surface area contributed by atoms with Gasteiger partial charge in [-0.3, -0.25) is 4.90 Å². The summed E-state index contributed by atoms with van der Waals surface area (Å²) in [6.07, 6.45) is 3.99. The number of ether oxygens (including phenoxy) is 1. The Hall–Kier alpha value is -0.120. The smallest absolute Gasteiger partial charge is 0.0513 e. The lowest BCUT2D eigenvalue weighted by Gasteiger charge is -2.42. The third-order valence-corrected chi connectivity index (χ3v) is 4.32. The van der Waals surface area contributed by atoms with Gasteiger partial charge in [-0.05, 0) is 39.2 Å². The van der Waals surface area contributed by atoms with E-state index in [0.717, 1.165) is 25.7 Å². The van der Waals surface area contributed by atoms with E-state index in [4.69, 9.17) is 10.5 Å². The number of hydrogen-bond acceptors (Lipinski definition) is 3. The molecule has 0 radical (unpaired) electrons. The summed E-state index contributed by atoms with van der Waals surface area (Å²) in [5.41, 5.74) is 6.12. The van der Waals surface area contributed by atoms with Gasteiger partial charge < -0.3 is 10.5 Å². The molecule has 1 saturated carbocycles. The van der Waals surface area contributed by atoms with Gasteiger partial charge in [-0.25, -0.2) is 0 Å². The molecule has 15 heavy (non-hydrogen) atoms. The van der Waals surface area contributed by atoms with Crippen molar-refractivity contribution in [3.05, 3.63) is 0 Å². The molecule has 0 aromatic heterocycles. The monoisotopic (exact) mass is 212 g/mol. The van der Waals surface area contributed by atoms with Gasteiger partial charge in [0.25, 0.3) is 0 Å². The molecule has 3 heteroatoms. The lowest BCUT2D eigenvalue weighted by Crippen LogP contribution is -2.55. The largest absolute Gasteiger partial charge is 0.381 e. The molecule has 1 aliphatic carbocycles. The van der Waals surface area contributed by atoms with Crippen molar-refractivity contribution in [1.82, 2.24) is 4.90 Å². The van der Waals surface area contributed by atoms with Gasteiger partial charge in [0.2, 0.25) is 0 Å². The van der Waals surface area contributed by atoms with Crippen LogP contribution in [0.25, 0.3) is 0 Å². The van der Waals surface area contributed by atoms with Crippen molar-refractivity contribution in [1.29, 1.82) is 0 Å². The molecule has 0 amide bonds. The highest BCUT2D eigenvalue weighted by Crippen LogP contribution is 2.35. The standard InChI is InChI=1S/C12H24N2O/c1-12(9-13,11-5-6-15-8-11)14(2)7-10-3-4-10/h10-11H,3-9,13H2,1-2H3. The molecule has 2 unspecified atom stereocenters. The van der Waals surface area contributed by atoms with Gasteiger partial charge >= 0.3 is 0 Å². The zero-order valence-electron chi connectivity index (χ0n) is 10.0. The molecule has 0 bridgehead atoms. The first-order valence-electron chi connectivity index (χ1n) is 6.16. The summed E-state index contributed by atoms with van der Waals surface area (Å²) >= 11 is 0. The van der Waals surface area contributed by atoms with Gasteiger partial charge in [-0.15, -0.1) is 0 Å². The van der Waals surface area contributed by atoms with Crippen molar-refractivity contribution in [2.45, 2.75) is 31.7 Å². The second kappa shape index (κ2) is 4.40. The van der Waals surface area contributed by atoms with Crippen molar-refractivity contribution in [2.75, 3.05) is 33.4 Å². The normalized spacial score (nSPS) is 30.8. The molecule has 2 N–H and O–H groups in total. The van der Waals surface area contributed by atoms with Crippen LogP contribution < -0.4 is 5.73 Å². The summed E-state index contributed by atoms with van der Waals surface area (Å²) in [4.78, 5) is 2.48. The molecule has 2 aliphatic rings. The van der Waals surface area contributed by atoms with E-state index in [0.29, 0.717) is 5.92 Å². The number of nitrogens with two attached hydrogens (primary N) is 1. The Bertz CT molecular complexity index is 212. The van der Waals surface area contributed by atoms with Gasteiger partial charge in [-0.2, -0.15) is 0 Å². The average molecular weight is 212 g/mol. The Balaban J connectivity index is 1.97. The van der Waals surface area contributed by atoms with E-state index in [1.807, 2.05) is 0 Å². The molecule has 1 heterocycles. The van der Waals surface area contributed by atoms with Crippen LogP contribution in [-0.4, -0.2) is 43.8 Å². The third kappa shape index (κ3) is 2.35. The minimum Gasteiger partial charge on any atom is -0.381 e. The number of rotatable bonds is 5. The summed E-state index contributed by atoms with van der Waals surface area (Å²) in [7, 11) is 2.23. The molecular weight excluding hydrogens is 188 g/mol. The summed E-state index contributed by atoms with van der Waals surface area (Å²) in [6, 6.07) is 0. The van der Waals surface area contributed by atoms with E-state index >= 15 is 0 Å². The first-order chi connectivity index (χ1) is 7.16. The fourth-order valence-corrected chi connectivity index (χ4v) is 2.56. The maximum atomic E-state index is 5.99. The molecule has 2 rings (SSSR count). The van der Waals surface area contributed by atoms with Gasteiger partial charge in [0.05, 0.1) is 6.61 Å². The summed E-state index contributed by atoms with van der Waals surface area (Å²) in [5.74, 6) is 1.55. The van der Waals surface area contributed by atoms with Gasteiger partial charge in [-0.1, -0.05) is 0 Å². The zero-order chi connectivity index (χ0) is 10.9. The fourth-order valence-electron chi connectivity index (χ4n) is 2.56. The highest BCUT2D eigenvalue weighted by Gasteiger charge is 2.40. The highest BCUT2D eigenvalue weighted by molar-refractivity contribution is 4.95. The van der Waals surface area contributed by atoms with Crippen LogP contribution in [0.1, 0.15) is 26.2 Å². The van der Waals surface area contributed by atoms with E-state index in [1.54, 1.807) is 0 Å². The number of likely N-dealkylation sites (N-methyl/N-ethyl adjacent to an activating group) is 1. The molecular formula is C12H24N2O. The van der Waals surface area contributed by atoms with Crippen LogP contribution in [0.4, 0.5) is 0 Å². The Labute approximate surface area is 93.0 Å². The lowest BCUT2D eigenvalue weighted by molar-refractivity contribution is 0.0632. The zero-order valence-corrected chi connectivity index (χ0v) is 10.0. The first-order valence-corrected chi connectivity index (χ1v) is 6.16. The molecule has 0 aromatic rings. The van der Waals surface area contributed by atoms with Crippen LogP contribution >= 0.6 is 0 Å². The minimum atomic E-state index is 0.138. The van der Waals surface area contributed by atoms with E-state index < -0.39 is 0 Å². The van der Waals surface area contributed by atoms with Crippen LogP contribution in [0.15, 0.2) is 0 Å². The maximum Gasteiger partial charge on any atom is 0.0513 e. The first kappa shape index (κ1) is 11.4. The molecule has 1 aliphatic heterocycles.